The number of anilines is 1. The second-order valence-corrected chi connectivity index (χ2v) is 4.07. The Labute approximate surface area is 103 Å². The van der Waals surface area contributed by atoms with Crippen molar-refractivity contribution in [2.24, 2.45) is 5.73 Å². The number of nitrogens with two attached hydrogens (primary N) is 2. The van der Waals surface area contributed by atoms with E-state index in [9.17, 15) is 0 Å². The molecule has 1 aromatic rings. The maximum absolute atomic E-state index is 5.84. The van der Waals surface area contributed by atoms with Gasteiger partial charge in [0.1, 0.15) is 5.75 Å². The first-order valence-electron chi connectivity index (χ1n) is 6.11. The second kappa shape index (κ2) is 6.97. The summed E-state index contributed by atoms with van der Waals surface area (Å²) in [7, 11) is 0. The van der Waals surface area contributed by atoms with Gasteiger partial charge < -0.3 is 16.2 Å². The molecule has 94 valence electrons. The molecular formula is C14H22N2O. The van der Waals surface area contributed by atoms with Crippen molar-refractivity contribution in [2.45, 2.75) is 32.7 Å². The quantitative estimate of drug-likeness (QED) is 0.744. The number of ether oxygens (including phenoxy) is 1. The minimum Gasteiger partial charge on any atom is -0.494 e. The van der Waals surface area contributed by atoms with Gasteiger partial charge in [-0.2, -0.15) is 0 Å². The Kier molecular flexibility index (Phi) is 5.57. The van der Waals surface area contributed by atoms with E-state index in [1.807, 2.05) is 31.2 Å². The summed E-state index contributed by atoms with van der Waals surface area (Å²) < 4.78 is 5.44. The average Bonchev–Trinajstić information content (AvgIpc) is 2.28. The van der Waals surface area contributed by atoms with Crippen LogP contribution in [0, 0.1) is 0 Å². The Morgan fingerprint density at radius 1 is 1.29 bits per heavy atom. The minimum absolute atomic E-state index is 0.235. The number of nitrogen functional groups attached to an aromatic ring is 1. The van der Waals surface area contributed by atoms with Gasteiger partial charge in [-0.25, -0.2) is 0 Å². The van der Waals surface area contributed by atoms with E-state index in [4.69, 9.17) is 16.2 Å². The molecule has 0 heterocycles. The van der Waals surface area contributed by atoms with Crippen LogP contribution >= 0.6 is 0 Å². The second-order valence-electron chi connectivity index (χ2n) is 4.07. The minimum atomic E-state index is 0.235. The molecule has 0 bridgehead atoms. The van der Waals surface area contributed by atoms with Crippen LogP contribution in [0.2, 0.25) is 0 Å². The van der Waals surface area contributed by atoms with Crippen molar-refractivity contribution in [3.05, 3.63) is 29.8 Å². The maximum atomic E-state index is 5.84. The first-order chi connectivity index (χ1) is 8.15. The van der Waals surface area contributed by atoms with Crippen molar-refractivity contribution in [2.75, 3.05) is 12.3 Å². The molecule has 0 fully saturated rings. The van der Waals surface area contributed by atoms with Crippen molar-refractivity contribution in [3.63, 3.8) is 0 Å². The predicted octanol–water partition coefficient (Wildman–Crippen LogP) is 2.81. The Morgan fingerprint density at radius 2 is 2.06 bits per heavy atom. The molecule has 0 amide bonds. The van der Waals surface area contributed by atoms with Crippen LogP contribution in [0.4, 0.5) is 5.69 Å². The van der Waals surface area contributed by atoms with Gasteiger partial charge in [0.15, 0.2) is 0 Å². The molecule has 0 saturated carbocycles. The van der Waals surface area contributed by atoms with E-state index in [2.05, 4.69) is 13.0 Å². The van der Waals surface area contributed by atoms with Gasteiger partial charge in [-0.15, -0.1) is 0 Å². The van der Waals surface area contributed by atoms with Crippen LogP contribution in [0.15, 0.2) is 24.3 Å². The third kappa shape index (κ3) is 4.91. The van der Waals surface area contributed by atoms with Gasteiger partial charge in [-0.3, -0.25) is 0 Å². The van der Waals surface area contributed by atoms with Gasteiger partial charge in [0, 0.05) is 17.8 Å². The number of hydrogen-bond donors (Lipinski definition) is 2. The van der Waals surface area contributed by atoms with Crippen LogP contribution in [-0.4, -0.2) is 12.6 Å². The zero-order valence-electron chi connectivity index (χ0n) is 10.6. The SMILES string of the molecule is CCOc1cc(N)cc(C=CCC(N)CC)c1. The first-order valence-corrected chi connectivity index (χ1v) is 6.11. The van der Waals surface area contributed by atoms with Crippen molar-refractivity contribution in [1.82, 2.24) is 0 Å². The fourth-order valence-corrected chi connectivity index (χ4v) is 1.54. The largest absolute Gasteiger partial charge is 0.494 e. The lowest BCUT2D eigenvalue weighted by molar-refractivity contribution is 0.340. The summed E-state index contributed by atoms with van der Waals surface area (Å²) in [5.74, 6) is 0.812. The molecule has 3 heteroatoms. The van der Waals surface area contributed by atoms with Gasteiger partial charge in [0.2, 0.25) is 0 Å². The standard InChI is InChI=1S/C14H22N2O/c1-3-12(15)7-5-6-11-8-13(16)10-14(9-11)17-4-2/h5-6,8-10,12H,3-4,7,15-16H2,1-2H3. The van der Waals surface area contributed by atoms with E-state index in [1.54, 1.807) is 0 Å². The lowest BCUT2D eigenvalue weighted by Gasteiger charge is -2.06. The van der Waals surface area contributed by atoms with Crippen LogP contribution in [0.5, 0.6) is 5.75 Å². The molecule has 1 atom stereocenters. The van der Waals surface area contributed by atoms with Crippen molar-refractivity contribution in [1.29, 1.82) is 0 Å². The smallest absolute Gasteiger partial charge is 0.121 e. The molecule has 4 N–H and O–H groups in total. The summed E-state index contributed by atoms with van der Waals surface area (Å²) in [5, 5.41) is 0. The van der Waals surface area contributed by atoms with Crippen LogP contribution in [0.1, 0.15) is 32.3 Å². The highest BCUT2D eigenvalue weighted by Crippen LogP contribution is 2.20. The van der Waals surface area contributed by atoms with Crippen LogP contribution in [0.3, 0.4) is 0 Å². The predicted molar refractivity (Wildman–Crippen MR) is 73.9 cm³/mol. The Bertz CT molecular complexity index is 374. The monoisotopic (exact) mass is 234 g/mol. The Balaban J connectivity index is 2.70. The zero-order valence-corrected chi connectivity index (χ0v) is 10.6. The zero-order chi connectivity index (χ0) is 12.7. The fraction of sp³-hybridized carbons (Fsp3) is 0.429. The van der Waals surface area contributed by atoms with E-state index < -0.39 is 0 Å². The summed E-state index contributed by atoms with van der Waals surface area (Å²) in [6.45, 7) is 4.69. The first kappa shape index (κ1) is 13.6. The number of benzene rings is 1. The molecule has 1 unspecified atom stereocenters. The molecule has 1 aromatic carbocycles. The molecule has 3 nitrogen and oxygen atoms in total. The molecule has 1 rings (SSSR count). The van der Waals surface area contributed by atoms with E-state index in [0.717, 1.165) is 29.8 Å². The molecule has 0 spiro atoms. The van der Waals surface area contributed by atoms with Gasteiger partial charge >= 0.3 is 0 Å². The molecule has 0 aliphatic rings. The van der Waals surface area contributed by atoms with E-state index in [1.165, 1.54) is 0 Å². The number of rotatable bonds is 6. The summed E-state index contributed by atoms with van der Waals surface area (Å²) in [6, 6.07) is 5.97. The molecule has 0 saturated heterocycles. The lowest BCUT2D eigenvalue weighted by Crippen LogP contribution is -2.16. The summed E-state index contributed by atoms with van der Waals surface area (Å²) in [5.41, 5.74) is 13.4. The number of hydrogen-bond acceptors (Lipinski definition) is 3. The van der Waals surface area contributed by atoms with Crippen LogP contribution in [0.25, 0.3) is 6.08 Å². The molecule has 0 aromatic heterocycles. The molecule has 0 radical (unpaired) electrons. The Hall–Kier alpha value is -1.48. The average molecular weight is 234 g/mol. The van der Waals surface area contributed by atoms with Crippen LogP contribution < -0.4 is 16.2 Å². The van der Waals surface area contributed by atoms with E-state index in [-0.39, 0.29) is 6.04 Å². The summed E-state index contributed by atoms with van der Waals surface area (Å²) >= 11 is 0. The van der Waals surface area contributed by atoms with Crippen molar-refractivity contribution in [3.8, 4) is 5.75 Å². The lowest BCUT2D eigenvalue weighted by atomic mass is 10.1. The van der Waals surface area contributed by atoms with Gasteiger partial charge in [-0.05, 0) is 37.5 Å². The third-order valence-corrected chi connectivity index (χ3v) is 2.54. The van der Waals surface area contributed by atoms with Crippen LogP contribution in [-0.2, 0) is 0 Å². The molecule has 0 aliphatic heterocycles. The third-order valence-electron chi connectivity index (χ3n) is 2.54. The normalized spacial score (nSPS) is 12.9. The van der Waals surface area contributed by atoms with Gasteiger partial charge in [0.05, 0.1) is 6.61 Å². The topological polar surface area (TPSA) is 61.3 Å². The molecule has 0 aliphatic carbocycles. The van der Waals surface area contributed by atoms with Gasteiger partial charge in [-0.1, -0.05) is 19.1 Å². The van der Waals surface area contributed by atoms with Crippen molar-refractivity contribution >= 4 is 11.8 Å². The molecular weight excluding hydrogens is 212 g/mol. The molecule has 17 heavy (non-hydrogen) atoms. The summed E-state index contributed by atoms with van der Waals surface area (Å²) in [4.78, 5) is 0. The van der Waals surface area contributed by atoms with Crippen molar-refractivity contribution < 1.29 is 4.74 Å². The highest BCUT2D eigenvalue weighted by molar-refractivity contribution is 5.59. The fourth-order valence-electron chi connectivity index (χ4n) is 1.54. The highest BCUT2D eigenvalue weighted by atomic mass is 16.5. The van der Waals surface area contributed by atoms with E-state index in [0.29, 0.717) is 6.61 Å². The van der Waals surface area contributed by atoms with Gasteiger partial charge in [0.25, 0.3) is 0 Å². The maximum Gasteiger partial charge on any atom is 0.121 e. The Morgan fingerprint density at radius 3 is 2.71 bits per heavy atom. The van der Waals surface area contributed by atoms with E-state index >= 15 is 0 Å². The highest BCUT2D eigenvalue weighted by Gasteiger charge is 1.98. The summed E-state index contributed by atoms with van der Waals surface area (Å²) in [6.07, 6.45) is 5.99.